The highest BCUT2D eigenvalue weighted by Gasteiger charge is 2.07. The second-order valence-corrected chi connectivity index (χ2v) is 2.94. The fourth-order valence-electron chi connectivity index (χ4n) is 0.813. The van der Waals surface area contributed by atoms with Gasteiger partial charge in [-0.25, -0.2) is 0 Å². The van der Waals surface area contributed by atoms with Gasteiger partial charge in [0, 0.05) is 19.2 Å². The number of carbonyl (C=O) groups is 1. The summed E-state index contributed by atoms with van der Waals surface area (Å²) in [5.74, 6) is 0.0260. The average Bonchev–Trinajstić information content (AvgIpc) is 2.55. The van der Waals surface area contributed by atoms with E-state index in [1.807, 2.05) is 19.0 Å². The smallest absolute Gasteiger partial charge is 0.289 e. The summed E-state index contributed by atoms with van der Waals surface area (Å²) in [7, 11) is 3.89. The van der Waals surface area contributed by atoms with Crippen molar-refractivity contribution in [2.75, 3.05) is 27.2 Å². The van der Waals surface area contributed by atoms with E-state index < -0.39 is 0 Å². The summed E-state index contributed by atoms with van der Waals surface area (Å²) < 4.78 is 4.68. The summed E-state index contributed by atoms with van der Waals surface area (Å²) in [6.45, 7) is 1.41. The van der Waals surface area contributed by atoms with Crippen molar-refractivity contribution in [3.8, 4) is 0 Å². The summed E-state index contributed by atoms with van der Waals surface area (Å²) in [6.07, 6.45) is 1.45. The van der Waals surface area contributed by atoms with Gasteiger partial charge in [0.2, 0.25) is 5.76 Å². The summed E-state index contributed by atoms with van der Waals surface area (Å²) in [6, 6.07) is 1.53. The zero-order valence-electron chi connectivity index (χ0n) is 7.78. The SMILES string of the molecule is CN(C)CCNC(=O)c1ccno1. The summed E-state index contributed by atoms with van der Waals surface area (Å²) in [5, 5.41) is 6.14. The Kier molecular flexibility index (Phi) is 3.45. The largest absolute Gasteiger partial charge is 0.351 e. The lowest BCUT2D eigenvalue weighted by molar-refractivity contribution is 0.0914. The minimum atomic E-state index is -0.223. The number of likely N-dealkylation sites (N-methyl/N-ethyl adjacent to an activating group) is 1. The van der Waals surface area contributed by atoms with Crippen LogP contribution in [0.25, 0.3) is 0 Å². The molecule has 0 aliphatic rings. The third-order valence-corrected chi connectivity index (χ3v) is 1.51. The number of carbonyl (C=O) groups excluding carboxylic acids is 1. The Morgan fingerprint density at radius 3 is 3.00 bits per heavy atom. The van der Waals surface area contributed by atoms with Crippen LogP contribution in [0.5, 0.6) is 0 Å². The summed E-state index contributed by atoms with van der Waals surface area (Å²) in [4.78, 5) is 13.2. The van der Waals surface area contributed by atoms with Gasteiger partial charge < -0.3 is 14.7 Å². The topological polar surface area (TPSA) is 58.4 Å². The van der Waals surface area contributed by atoms with Crippen LogP contribution in [-0.4, -0.2) is 43.1 Å². The molecule has 1 rings (SSSR count). The van der Waals surface area contributed by atoms with Crippen LogP contribution in [0.2, 0.25) is 0 Å². The Morgan fingerprint density at radius 1 is 1.69 bits per heavy atom. The number of nitrogens with one attached hydrogen (secondary N) is 1. The predicted molar refractivity (Wildman–Crippen MR) is 47.4 cm³/mol. The van der Waals surface area contributed by atoms with E-state index in [9.17, 15) is 4.79 Å². The molecule has 0 fully saturated rings. The molecule has 0 radical (unpaired) electrons. The molecule has 0 saturated carbocycles. The van der Waals surface area contributed by atoms with Crippen molar-refractivity contribution < 1.29 is 9.32 Å². The first-order valence-corrected chi connectivity index (χ1v) is 4.04. The molecule has 0 bridgehead atoms. The molecule has 1 amide bonds. The third-order valence-electron chi connectivity index (χ3n) is 1.51. The molecule has 5 nitrogen and oxygen atoms in total. The van der Waals surface area contributed by atoms with Gasteiger partial charge in [-0.3, -0.25) is 4.79 Å². The van der Waals surface area contributed by atoms with Gasteiger partial charge in [0.05, 0.1) is 6.20 Å². The molecular weight excluding hydrogens is 170 g/mol. The molecule has 0 unspecified atom stereocenters. The van der Waals surface area contributed by atoms with Crippen molar-refractivity contribution in [2.45, 2.75) is 0 Å². The van der Waals surface area contributed by atoms with Gasteiger partial charge in [0.15, 0.2) is 0 Å². The molecule has 1 aromatic rings. The van der Waals surface area contributed by atoms with Crippen LogP contribution >= 0.6 is 0 Å². The second-order valence-electron chi connectivity index (χ2n) is 2.94. The van der Waals surface area contributed by atoms with Crippen LogP contribution in [0.15, 0.2) is 16.8 Å². The Hall–Kier alpha value is -1.36. The van der Waals surface area contributed by atoms with E-state index in [0.29, 0.717) is 6.54 Å². The van der Waals surface area contributed by atoms with E-state index in [1.54, 1.807) is 0 Å². The first-order valence-electron chi connectivity index (χ1n) is 4.04. The standard InChI is InChI=1S/C8H13N3O2/c1-11(2)6-5-9-8(12)7-3-4-10-13-7/h3-4H,5-6H2,1-2H3,(H,9,12). The number of aromatic nitrogens is 1. The molecule has 5 heteroatoms. The predicted octanol–water partition coefficient (Wildman–Crippen LogP) is -0.0340. The van der Waals surface area contributed by atoms with Crippen molar-refractivity contribution >= 4 is 5.91 Å². The van der Waals surface area contributed by atoms with Crippen molar-refractivity contribution in [1.82, 2.24) is 15.4 Å². The van der Waals surface area contributed by atoms with Crippen LogP contribution in [0.4, 0.5) is 0 Å². The first kappa shape index (κ1) is 9.73. The molecule has 1 N–H and O–H groups in total. The zero-order chi connectivity index (χ0) is 9.68. The van der Waals surface area contributed by atoms with Crippen molar-refractivity contribution in [3.63, 3.8) is 0 Å². The Morgan fingerprint density at radius 2 is 2.46 bits per heavy atom. The molecule has 1 aromatic heterocycles. The maximum atomic E-state index is 11.2. The zero-order valence-corrected chi connectivity index (χ0v) is 7.78. The van der Waals surface area contributed by atoms with Crippen LogP contribution in [0.1, 0.15) is 10.6 Å². The molecule has 13 heavy (non-hydrogen) atoms. The van der Waals surface area contributed by atoms with E-state index in [2.05, 4.69) is 15.0 Å². The van der Waals surface area contributed by atoms with E-state index in [1.165, 1.54) is 12.3 Å². The van der Waals surface area contributed by atoms with Crippen LogP contribution < -0.4 is 5.32 Å². The maximum Gasteiger partial charge on any atom is 0.289 e. The minimum absolute atomic E-state index is 0.223. The van der Waals surface area contributed by atoms with E-state index in [4.69, 9.17) is 0 Å². The quantitative estimate of drug-likeness (QED) is 0.712. The third kappa shape index (κ3) is 3.25. The van der Waals surface area contributed by atoms with Crippen molar-refractivity contribution in [1.29, 1.82) is 0 Å². The van der Waals surface area contributed by atoms with E-state index in [-0.39, 0.29) is 11.7 Å². The van der Waals surface area contributed by atoms with Crippen LogP contribution in [0.3, 0.4) is 0 Å². The van der Waals surface area contributed by atoms with Gasteiger partial charge in [-0.1, -0.05) is 5.16 Å². The highest BCUT2D eigenvalue weighted by atomic mass is 16.5. The maximum absolute atomic E-state index is 11.2. The Labute approximate surface area is 76.7 Å². The Balaban J connectivity index is 2.27. The highest BCUT2D eigenvalue weighted by molar-refractivity contribution is 5.91. The fraction of sp³-hybridized carbons (Fsp3) is 0.500. The number of hydrogen-bond acceptors (Lipinski definition) is 4. The molecule has 0 aliphatic carbocycles. The second kappa shape index (κ2) is 4.61. The molecule has 72 valence electrons. The monoisotopic (exact) mass is 183 g/mol. The van der Waals surface area contributed by atoms with Gasteiger partial charge in [0.1, 0.15) is 0 Å². The number of amides is 1. The van der Waals surface area contributed by atoms with Gasteiger partial charge in [-0.05, 0) is 14.1 Å². The van der Waals surface area contributed by atoms with Gasteiger partial charge in [0.25, 0.3) is 5.91 Å². The lowest BCUT2D eigenvalue weighted by atomic mass is 10.4. The van der Waals surface area contributed by atoms with Gasteiger partial charge in [-0.2, -0.15) is 0 Å². The number of rotatable bonds is 4. The molecule has 0 aliphatic heterocycles. The molecule has 1 heterocycles. The van der Waals surface area contributed by atoms with Gasteiger partial charge >= 0.3 is 0 Å². The highest BCUT2D eigenvalue weighted by Crippen LogP contribution is 1.94. The van der Waals surface area contributed by atoms with Crippen LogP contribution in [0, 0.1) is 0 Å². The Bertz CT molecular complexity index is 256. The fourth-order valence-corrected chi connectivity index (χ4v) is 0.813. The summed E-state index contributed by atoms with van der Waals surface area (Å²) >= 11 is 0. The molecule has 0 atom stereocenters. The number of hydrogen-bond donors (Lipinski definition) is 1. The lowest BCUT2D eigenvalue weighted by Gasteiger charge is -2.08. The van der Waals surface area contributed by atoms with Gasteiger partial charge in [-0.15, -0.1) is 0 Å². The lowest BCUT2D eigenvalue weighted by Crippen LogP contribution is -2.31. The summed E-state index contributed by atoms with van der Waals surface area (Å²) in [5.41, 5.74) is 0. The minimum Gasteiger partial charge on any atom is -0.351 e. The average molecular weight is 183 g/mol. The van der Waals surface area contributed by atoms with Crippen molar-refractivity contribution in [2.24, 2.45) is 0 Å². The molecule has 0 spiro atoms. The normalized spacial score (nSPS) is 10.4. The number of nitrogens with zero attached hydrogens (tertiary/aromatic N) is 2. The molecule has 0 aromatic carbocycles. The van der Waals surface area contributed by atoms with E-state index >= 15 is 0 Å². The van der Waals surface area contributed by atoms with E-state index in [0.717, 1.165) is 6.54 Å². The molecule has 0 saturated heterocycles. The first-order chi connectivity index (χ1) is 6.20. The van der Waals surface area contributed by atoms with Crippen molar-refractivity contribution in [3.05, 3.63) is 18.0 Å². The van der Waals surface area contributed by atoms with Crippen LogP contribution in [-0.2, 0) is 0 Å². The molecular formula is C8H13N3O2.